The molecule has 0 fully saturated rings. The summed E-state index contributed by atoms with van der Waals surface area (Å²) in [7, 11) is 0. The molecule has 0 heterocycles. The van der Waals surface area contributed by atoms with Crippen LogP contribution in [-0.4, -0.2) is 47.4 Å². The number of nitrogens with one attached hydrogen (secondary N) is 1. The minimum Gasteiger partial charge on any atom is -0.466 e. The summed E-state index contributed by atoms with van der Waals surface area (Å²) >= 11 is 0. The molecule has 6 nitrogen and oxygen atoms in total. The van der Waals surface area contributed by atoms with Gasteiger partial charge in [0.15, 0.2) is 0 Å². The van der Waals surface area contributed by atoms with Crippen LogP contribution < -0.4 is 5.32 Å². The number of ether oxygens (including phenoxy) is 1. The molecule has 0 bridgehead atoms. The standard InChI is InChI=1S/C78H153NO5/c1-3-5-7-9-11-13-15-17-19-21-22-23-24-29-32-35-39-42-46-50-54-58-62-66-70-76(81)75(74-80)79-77(82)71-67-63-59-55-51-47-43-40-36-33-30-27-25-26-28-31-34-37-41-45-49-53-57-61-65-69-73-84-78(83)72-68-64-60-56-52-48-44-38-20-18-16-14-12-10-8-6-4-2/h66,70,75-76,80-81H,3-65,67-69,71-74H2,1-2H3,(H,79,82)/b70-66+. The van der Waals surface area contributed by atoms with Crippen molar-refractivity contribution in [3.63, 3.8) is 0 Å². The van der Waals surface area contributed by atoms with Crippen LogP contribution in [0.25, 0.3) is 0 Å². The molecule has 2 atom stereocenters. The van der Waals surface area contributed by atoms with E-state index >= 15 is 0 Å². The molecule has 500 valence electrons. The van der Waals surface area contributed by atoms with Gasteiger partial charge in [0.2, 0.25) is 5.91 Å². The molecule has 0 radical (unpaired) electrons. The van der Waals surface area contributed by atoms with Gasteiger partial charge < -0.3 is 20.3 Å². The zero-order valence-electron chi connectivity index (χ0n) is 57.4. The maximum atomic E-state index is 12.6. The molecule has 0 aromatic heterocycles. The lowest BCUT2D eigenvalue weighted by molar-refractivity contribution is -0.143. The van der Waals surface area contributed by atoms with Crippen molar-refractivity contribution in [3.8, 4) is 0 Å². The van der Waals surface area contributed by atoms with Gasteiger partial charge in [0.25, 0.3) is 0 Å². The van der Waals surface area contributed by atoms with E-state index < -0.39 is 12.1 Å². The summed E-state index contributed by atoms with van der Waals surface area (Å²) in [5.41, 5.74) is 0. The Hall–Kier alpha value is -1.40. The highest BCUT2D eigenvalue weighted by Gasteiger charge is 2.18. The third kappa shape index (κ3) is 69.7. The predicted molar refractivity (Wildman–Crippen MR) is 370 cm³/mol. The minimum absolute atomic E-state index is 0.0223. The first-order valence-corrected chi connectivity index (χ1v) is 39.0. The quantitative estimate of drug-likeness (QED) is 0.0320. The van der Waals surface area contributed by atoms with Gasteiger partial charge >= 0.3 is 5.97 Å². The van der Waals surface area contributed by atoms with Crippen LogP contribution in [0.4, 0.5) is 0 Å². The number of hydrogen-bond acceptors (Lipinski definition) is 5. The fraction of sp³-hybridized carbons (Fsp3) is 0.949. The molecule has 0 rings (SSSR count). The average Bonchev–Trinajstić information content (AvgIpc) is 3.50. The first kappa shape index (κ1) is 82.6. The van der Waals surface area contributed by atoms with Gasteiger partial charge in [-0.3, -0.25) is 9.59 Å². The molecule has 84 heavy (non-hydrogen) atoms. The second kappa shape index (κ2) is 74.1. The van der Waals surface area contributed by atoms with E-state index in [2.05, 4.69) is 19.2 Å². The monoisotopic (exact) mass is 1180 g/mol. The highest BCUT2D eigenvalue weighted by Crippen LogP contribution is 2.20. The van der Waals surface area contributed by atoms with E-state index in [1.54, 1.807) is 6.08 Å². The first-order valence-electron chi connectivity index (χ1n) is 39.0. The van der Waals surface area contributed by atoms with Crippen molar-refractivity contribution >= 4 is 11.9 Å². The fourth-order valence-corrected chi connectivity index (χ4v) is 12.6. The molecular formula is C78H153NO5. The van der Waals surface area contributed by atoms with Crippen LogP contribution in [0.1, 0.15) is 450 Å². The normalized spacial score (nSPS) is 12.5. The minimum atomic E-state index is -0.844. The molecule has 0 aromatic rings. The lowest BCUT2D eigenvalue weighted by Gasteiger charge is -2.20. The van der Waals surface area contributed by atoms with Gasteiger partial charge in [0.1, 0.15) is 0 Å². The molecule has 6 heteroatoms. The van der Waals surface area contributed by atoms with Crippen molar-refractivity contribution in [2.24, 2.45) is 0 Å². The van der Waals surface area contributed by atoms with Crippen LogP contribution in [0, 0.1) is 0 Å². The molecule has 0 aliphatic rings. The van der Waals surface area contributed by atoms with Crippen LogP contribution in [0.3, 0.4) is 0 Å². The first-order chi connectivity index (χ1) is 41.5. The molecule has 3 N–H and O–H groups in total. The number of rotatable bonds is 74. The van der Waals surface area contributed by atoms with Crippen LogP contribution in [0.15, 0.2) is 12.2 Å². The summed E-state index contributed by atoms with van der Waals surface area (Å²) in [6.45, 7) is 4.97. The molecule has 0 aliphatic heterocycles. The van der Waals surface area contributed by atoms with Gasteiger partial charge in [-0.1, -0.05) is 418 Å². The summed E-state index contributed by atoms with van der Waals surface area (Å²) in [6, 6.07) is -0.627. The Morgan fingerprint density at radius 1 is 0.321 bits per heavy atom. The van der Waals surface area contributed by atoms with Crippen LogP contribution >= 0.6 is 0 Å². The summed E-state index contributed by atoms with van der Waals surface area (Å²) in [6.07, 6.45) is 93.2. The van der Waals surface area contributed by atoms with Crippen molar-refractivity contribution in [1.29, 1.82) is 0 Å². The van der Waals surface area contributed by atoms with Crippen LogP contribution in [0.2, 0.25) is 0 Å². The molecule has 0 spiro atoms. The van der Waals surface area contributed by atoms with Crippen molar-refractivity contribution in [3.05, 3.63) is 12.2 Å². The number of hydrogen-bond donors (Lipinski definition) is 3. The van der Waals surface area contributed by atoms with E-state index in [-0.39, 0.29) is 18.5 Å². The van der Waals surface area contributed by atoms with E-state index in [0.29, 0.717) is 19.4 Å². The highest BCUT2D eigenvalue weighted by molar-refractivity contribution is 5.76. The average molecular weight is 1190 g/mol. The number of carbonyl (C=O) groups is 2. The number of carbonyl (C=O) groups excluding carboxylic acids is 2. The van der Waals surface area contributed by atoms with E-state index in [4.69, 9.17) is 4.74 Å². The number of aliphatic hydroxyl groups excluding tert-OH is 2. The van der Waals surface area contributed by atoms with E-state index in [1.807, 2.05) is 6.08 Å². The zero-order valence-corrected chi connectivity index (χ0v) is 57.4. The molecule has 2 unspecified atom stereocenters. The summed E-state index contributed by atoms with van der Waals surface area (Å²) in [4.78, 5) is 24.7. The van der Waals surface area contributed by atoms with Gasteiger partial charge in [-0.25, -0.2) is 0 Å². The Balaban J connectivity index is 3.36. The number of unbranched alkanes of at least 4 members (excludes halogenated alkanes) is 63. The molecule has 0 aromatic carbocycles. The smallest absolute Gasteiger partial charge is 0.305 e. The lowest BCUT2D eigenvalue weighted by Crippen LogP contribution is -2.45. The summed E-state index contributed by atoms with van der Waals surface area (Å²) in [5, 5.41) is 23.3. The van der Waals surface area contributed by atoms with Crippen molar-refractivity contribution < 1.29 is 24.5 Å². The molecule has 0 saturated carbocycles. The number of allylic oxidation sites excluding steroid dienone is 1. The maximum Gasteiger partial charge on any atom is 0.305 e. The second-order valence-electron chi connectivity index (χ2n) is 27.1. The van der Waals surface area contributed by atoms with Crippen molar-refractivity contribution in [1.82, 2.24) is 5.32 Å². The van der Waals surface area contributed by atoms with Gasteiger partial charge in [-0.2, -0.15) is 0 Å². The van der Waals surface area contributed by atoms with Crippen molar-refractivity contribution in [2.75, 3.05) is 13.2 Å². The molecule has 0 saturated heterocycles. The Morgan fingerprint density at radius 3 is 0.810 bits per heavy atom. The highest BCUT2D eigenvalue weighted by atomic mass is 16.5. The number of aliphatic hydroxyl groups is 2. The largest absolute Gasteiger partial charge is 0.466 e. The lowest BCUT2D eigenvalue weighted by atomic mass is 10.0. The van der Waals surface area contributed by atoms with E-state index in [9.17, 15) is 19.8 Å². The van der Waals surface area contributed by atoms with E-state index in [0.717, 1.165) is 38.5 Å². The third-order valence-corrected chi connectivity index (χ3v) is 18.6. The predicted octanol–water partition coefficient (Wildman–Crippen LogP) is 25.5. The van der Waals surface area contributed by atoms with E-state index in [1.165, 1.54) is 385 Å². The topological polar surface area (TPSA) is 95.9 Å². The number of esters is 1. The van der Waals surface area contributed by atoms with Crippen LogP contribution in [0.5, 0.6) is 0 Å². The van der Waals surface area contributed by atoms with Gasteiger partial charge in [0, 0.05) is 12.8 Å². The van der Waals surface area contributed by atoms with Crippen molar-refractivity contribution in [2.45, 2.75) is 463 Å². The fourth-order valence-electron chi connectivity index (χ4n) is 12.6. The van der Waals surface area contributed by atoms with Gasteiger partial charge in [-0.05, 0) is 32.1 Å². The Kier molecular flexibility index (Phi) is 72.8. The van der Waals surface area contributed by atoms with Gasteiger partial charge in [-0.15, -0.1) is 0 Å². The Bertz CT molecular complexity index is 1270. The van der Waals surface area contributed by atoms with Gasteiger partial charge in [0.05, 0.1) is 25.4 Å². The SMILES string of the molecule is CCCCCCCCCCCCCCCCCCCCCCCC/C=C/C(O)C(CO)NC(=O)CCCCCCCCCCCCCCCCCCCCCCCCCCCCOC(=O)CCCCCCCCCCCCCCCCCCC. The summed E-state index contributed by atoms with van der Waals surface area (Å²) in [5.74, 6) is -0.0378. The van der Waals surface area contributed by atoms with Crippen LogP contribution in [-0.2, 0) is 14.3 Å². The maximum absolute atomic E-state index is 12.6. The Morgan fingerprint density at radius 2 is 0.548 bits per heavy atom. The summed E-state index contributed by atoms with van der Waals surface area (Å²) < 4.78 is 5.51. The number of amides is 1. The Labute approximate surface area is 527 Å². The zero-order chi connectivity index (χ0) is 60.6. The third-order valence-electron chi connectivity index (χ3n) is 18.6. The molecule has 0 aliphatic carbocycles. The second-order valence-corrected chi connectivity index (χ2v) is 27.1. The molecule has 1 amide bonds. The molecular weight excluding hydrogens is 1030 g/mol.